The average molecular weight is 420 g/mol. The number of nitrogens with zero attached hydrogens (tertiary/aromatic N) is 2. The molecule has 1 atom stereocenters. The molecular formula is C18H26F2N2O5S. The molecule has 2 fully saturated rings. The highest BCUT2D eigenvalue weighted by Gasteiger charge is 2.37. The number of hydrogen-bond donors (Lipinski definition) is 1. The van der Waals surface area contributed by atoms with Crippen molar-refractivity contribution in [2.24, 2.45) is 0 Å². The lowest BCUT2D eigenvalue weighted by molar-refractivity contribution is -0.0684. The van der Waals surface area contributed by atoms with E-state index in [2.05, 4.69) is 4.90 Å². The molecule has 158 valence electrons. The topological polar surface area (TPSA) is 79.3 Å². The third kappa shape index (κ3) is 5.38. The molecular weight excluding hydrogens is 394 g/mol. The smallest absolute Gasteiger partial charge is 0.211 e. The van der Waals surface area contributed by atoms with Gasteiger partial charge in [0.2, 0.25) is 10.0 Å². The lowest BCUT2D eigenvalue weighted by Gasteiger charge is -2.39. The molecule has 0 aromatic heterocycles. The maximum Gasteiger partial charge on any atom is 0.211 e. The number of piperidine rings is 1. The van der Waals surface area contributed by atoms with Crippen molar-refractivity contribution in [3.8, 4) is 5.75 Å². The normalized spacial score (nSPS) is 26.1. The monoisotopic (exact) mass is 420 g/mol. The van der Waals surface area contributed by atoms with E-state index in [1.807, 2.05) is 0 Å². The zero-order valence-electron chi connectivity index (χ0n) is 15.8. The van der Waals surface area contributed by atoms with Crippen LogP contribution in [-0.4, -0.2) is 86.6 Å². The fourth-order valence-electron chi connectivity index (χ4n) is 3.67. The van der Waals surface area contributed by atoms with E-state index >= 15 is 0 Å². The van der Waals surface area contributed by atoms with Gasteiger partial charge in [-0.2, -0.15) is 0 Å². The molecule has 1 aromatic rings. The first-order valence-corrected chi connectivity index (χ1v) is 11.1. The Bertz CT molecular complexity index is 786. The fourth-order valence-corrected chi connectivity index (χ4v) is 4.54. The molecule has 0 bridgehead atoms. The van der Waals surface area contributed by atoms with Crippen molar-refractivity contribution >= 4 is 10.0 Å². The summed E-state index contributed by atoms with van der Waals surface area (Å²) in [4.78, 5) is 2.10. The van der Waals surface area contributed by atoms with Crippen LogP contribution in [0.2, 0.25) is 0 Å². The van der Waals surface area contributed by atoms with E-state index in [1.54, 1.807) is 0 Å². The summed E-state index contributed by atoms with van der Waals surface area (Å²) in [5.41, 5.74) is -1.31. The number of β-amino-alcohol motifs (C(OH)–C–C–N with tert-alkyl or cyclic N) is 1. The van der Waals surface area contributed by atoms with Gasteiger partial charge in [-0.15, -0.1) is 0 Å². The fraction of sp³-hybridized carbons (Fsp3) is 0.667. The molecule has 0 aliphatic carbocycles. The summed E-state index contributed by atoms with van der Waals surface area (Å²) in [6.45, 7) is 2.19. The lowest BCUT2D eigenvalue weighted by atomic mass is 10.0. The van der Waals surface area contributed by atoms with Crippen LogP contribution < -0.4 is 4.74 Å². The Labute approximate surface area is 163 Å². The van der Waals surface area contributed by atoms with Gasteiger partial charge in [0.25, 0.3) is 0 Å². The summed E-state index contributed by atoms with van der Waals surface area (Å²) < 4.78 is 62.2. The lowest BCUT2D eigenvalue weighted by Crippen LogP contribution is -2.54. The van der Waals surface area contributed by atoms with Gasteiger partial charge in [0, 0.05) is 38.3 Å². The maximum absolute atomic E-state index is 13.3. The number of sulfonamides is 1. The van der Waals surface area contributed by atoms with Gasteiger partial charge in [0.15, 0.2) is 11.6 Å². The van der Waals surface area contributed by atoms with Gasteiger partial charge in [0.05, 0.1) is 19.5 Å². The van der Waals surface area contributed by atoms with Crippen LogP contribution in [0.25, 0.3) is 0 Å². The maximum atomic E-state index is 13.3. The second-order valence-corrected chi connectivity index (χ2v) is 9.49. The van der Waals surface area contributed by atoms with Crippen molar-refractivity contribution in [3.05, 3.63) is 29.8 Å². The van der Waals surface area contributed by atoms with E-state index < -0.39 is 27.3 Å². The summed E-state index contributed by atoms with van der Waals surface area (Å²) in [5, 5.41) is 11.0. The Morgan fingerprint density at radius 2 is 1.96 bits per heavy atom. The van der Waals surface area contributed by atoms with Crippen molar-refractivity contribution in [3.63, 3.8) is 0 Å². The molecule has 2 aliphatic heterocycles. The van der Waals surface area contributed by atoms with E-state index in [4.69, 9.17) is 9.47 Å². The number of aliphatic hydroxyl groups is 1. The predicted octanol–water partition coefficient (Wildman–Crippen LogP) is 0.831. The van der Waals surface area contributed by atoms with Gasteiger partial charge < -0.3 is 14.6 Å². The van der Waals surface area contributed by atoms with Gasteiger partial charge in [-0.05, 0) is 25.0 Å². The Morgan fingerprint density at radius 1 is 1.25 bits per heavy atom. The van der Waals surface area contributed by atoms with Crippen LogP contribution in [0.4, 0.5) is 8.78 Å². The summed E-state index contributed by atoms with van der Waals surface area (Å²) >= 11 is 0. The second-order valence-electron chi connectivity index (χ2n) is 7.51. The highest BCUT2D eigenvalue weighted by molar-refractivity contribution is 7.88. The molecule has 1 N–H and O–H groups in total. The predicted molar refractivity (Wildman–Crippen MR) is 98.6 cm³/mol. The van der Waals surface area contributed by atoms with E-state index in [1.165, 1.54) is 16.6 Å². The van der Waals surface area contributed by atoms with E-state index in [9.17, 15) is 22.3 Å². The van der Waals surface area contributed by atoms with Crippen LogP contribution in [0.15, 0.2) is 18.2 Å². The first-order chi connectivity index (χ1) is 13.2. The summed E-state index contributed by atoms with van der Waals surface area (Å²) in [6.07, 6.45) is 2.56. The van der Waals surface area contributed by atoms with Crippen LogP contribution in [-0.2, 0) is 14.8 Å². The van der Waals surface area contributed by atoms with Crippen LogP contribution in [0, 0.1) is 11.6 Å². The Hall–Kier alpha value is -1.33. The van der Waals surface area contributed by atoms with E-state index in [-0.39, 0.29) is 25.0 Å². The third-order valence-electron chi connectivity index (χ3n) is 5.20. The molecule has 0 unspecified atom stereocenters. The molecule has 0 amide bonds. The molecule has 1 aromatic carbocycles. The zero-order valence-corrected chi connectivity index (χ0v) is 16.6. The molecule has 0 spiro atoms. The van der Waals surface area contributed by atoms with E-state index in [0.29, 0.717) is 45.6 Å². The average Bonchev–Trinajstić information content (AvgIpc) is 2.84. The van der Waals surface area contributed by atoms with Gasteiger partial charge in [0.1, 0.15) is 18.0 Å². The van der Waals surface area contributed by atoms with E-state index in [0.717, 1.165) is 12.1 Å². The SMILES string of the molecule is CS(=O)(=O)N1CCC(N2CCOC[C@@](O)(COc3ccc(F)c(F)c3)C2)CC1. The molecule has 2 aliphatic rings. The number of ether oxygens (including phenoxy) is 2. The molecule has 10 heteroatoms. The Kier molecular flexibility index (Phi) is 6.55. The van der Waals surface area contributed by atoms with Gasteiger partial charge in [-0.25, -0.2) is 21.5 Å². The molecule has 28 heavy (non-hydrogen) atoms. The van der Waals surface area contributed by atoms with Crippen LogP contribution in [0.3, 0.4) is 0 Å². The number of benzene rings is 1. The minimum absolute atomic E-state index is 0.0648. The first-order valence-electron chi connectivity index (χ1n) is 9.23. The third-order valence-corrected chi connectivity index (χ3v) is 6.50. The molecule has 0 saturated carbocycles. The minimum Gasteiger partial charge on any atom is -0.490 e. The largest absolute Gasteiger partial charge is 0.490 e. The Balaban J connectivity index is 1.60. The molecule has 2 heterocycles. The van der Waals surface area contributed by atoms with Gasteiger partial charge in [-0.3, -0.25) is 4.90 Å². The van der Waals surface area contributed by atoms with Crippen molar-refractivity contribution in [1.82, 2.24) is 9.21 Å². The van der Waals surface area contributed by atoms with Crippen LogP contribution in [0.5, 0.6) is 5.75 Å². The highest BCUT2D eigenvalue weighted by atomic mass is 32.2. The molecule has 7 nitrogen and oxygen atoms in total. The Morgan fingerprint density at radius 3 is 2.61 bits per heavy atom. The summed E-state index contributed by atoms with van der Waals surface area (Å²) in [7, 11) is -3.19. The highest BCUT2D eigenvalue weighted by Crippen LogP contribution is 2.24. The van der Waals surface area contributed by atoms with Crippen molar-refractivity contribution in [2.75, 3.05) is 52.3 Å². The van der Waals surface area contributed by atoms with Crippen LogP contribution >= 0.6 is 0 Å². The van der Waals surface area contributed by atoms with Crippen molar-refractivity contribution < 1.29 is 31.8 Å². The first kappa shape index (κ1) is 21.4. The summed E-state index contributed by atoms with van der Waals surface area (Å²) in [5.74, 6) is -1.85. The minimum atomic E-state index is -3.19. The second kappa shape index (κ2) is 8.58. The summed E-state index contributed by atoms with van der Waals surface area (Å²) in [6, 6.07) is 3.35. The standard InChI is InChI=1S/C18H26F2N2O5S/c1-28(24,25)22-6-4-14(5-7-22)21-8-9-26-12-18(23,11-21)13-27-15-2-3-16(19)17(20)10-15/h2-3,10,14,23H,4-9,11-13H2,1H3/t18-/m1/s1. The zero-order chi connectivity index (χ0) is 20.4. The molecule has 3 rings (SSSR count). The quantitative estimate of drug-likeness (QED) is 0.760. The molecule has 0 radical (unpaired) electrons. The van der Waals surface area contributed by atoms with Crippen molar-refractivity contribution in [1.29, 1.82) is 0 Å². The van der Waals surface area contributed by atoms with Gasteiger partial charge in [-0.1, -0.05) is 0 Å². The van der Waals surface area contributed by atoms with Crippen molar-refractivity contribution in [2.45, 2.75) is 24.5 Å². The molecule has 2 saturated heterocycles. The number of halogens is 2. The van der Waals surface area contributed by atoms with Gasteiger partial charge >= 0.3 is 0 Å². The number of hydrogen-bond acceptors (Lipinski definition) is 6. The number of rotatable bonds is 5. The van der Waals surface area contributed by atoms with Crippen LogP contribution in [0.1, 0.15) is 12.8 Å².